The zero-order valence-electron chi connectivity index (χ0n) is 12.1. The summed E-state index contributed by atoms with van der Waals surface area (Å²) in [7, 11) is 0. The van der Waals surface area contributed by atoms with Gasteiger partial charge in [0.05, 0.1) is 11.2 Å². The average Bonchev–Trinajstić information content (AvgIpc) is 2.36. The summed E-state index contributed by atoms with van der Waals surface area (Å²) in [6.45, 7) is 6.14. The molecule has 110 valence electrons. The van der Waals surface area contributed by atoms with E-state index in [2.05, 4.69) is 5.32 Å². The van der Waals surface area contributed by atoms with E-state index < -0.39 is 5.97 Å². The fourth-order valence-corrected chi connectivity index (χ4v) is 1.54. The molecule has 20 heavy (non-hydrogen) atoms. The first-order chi connectivity index (χ1) is 9.28. The van der Waals surface area contributed by atoms with Crippen molar-refractivity contribution in [2.45, 2.75) is 32.8 Å². The quantitative estimate of drug-likeness (QED) is 0.833. The van der Waals surface area contributed by atoms with Gasteiger partial charge >= 0.3 is 5.97 Å². The molecule has 0 aliphatic heterocycles. The number of hydrogen-bond donors (Lipinski definition) is 2. The molecule has 0 aliphatic carbocycles. The van der Waals surface area contributed by atoms with E-state index in [0.717, 1.165) is 5.56 Å². The Bertz CT molecular complexity index is 477. The second kappa shape index (κ2) is 7.05. The van der Waals surface area contributed by atoms with Crippen molar-refractivity contribution in [3.05, 3.63) is 35.4 Å². The zero-order chi connectivity index (χ0) is 15.2. The standard InChI is InChI=1S/C15H21NO4/c1-15(2,3)20-10-13(17)16-8-7-11-5-4-6-12(9-11)14(18)19/h4-6,9H,7-8,10H2,1-3H3,(H,16,17)(H,18,19). The fourth-order valence-electron chi connectivity index (χ4n) is 1.54. The summed E-state index contributed by atoms with van der Waals surface area (Å²) in [4.78, 5) is 22.4. The zero-order valence-corrected chi connectivity index (χ0v) is 12.1. The van der Waals surface area contributed by atoms with Crippen molar-refractivity contribution in [2.75, 3.05) is 13.2 Å². The molecule has 1 amide bonds. The molecule has 0 radical (unpaired) electrons. The number of amides is 1. The van der Waals surface area contributed by atoms with Crippen LogP contribution in [0.2, 0.25) is 0 Å². The molecule has 2 N–H and O–H groups in total. The Morgan fingerprint density at radius 3 is 2.60 bits per heavy atom. The molecule has 0 aliphatic rings. The first kappa shape index (κ1) is 16.2. The van der Waals surface area contributed by atoms with Gasteiger partial charge in [-0.15, -0.1) is 0 Å². The van der Waals surface area contributed by atoms with Crippen LogP contribution in [0.25, 0.3) is 0 Å². The first-order valence-electron chi connectivity index (χ1n) is 6.51. The van der Waals surface area contributed by atoms with Crippen LogP contribution >= 0.6 is 0 Å². The lowest BCUT2D eigenvalue weighted by molar-refractivity contribution is -0.130. The smallest absolute Gasteiger partial charge is 0.335 e. The third-order valence-corrected chi connectivity index (χ3v) is 2.55. The minimum Gasteiger partial charge on any atom is -0.478 e. The lowest BCUT2D eigenvalue weighted by Crippen LogP contribution is -2.33. The summed E-state index contributed by atoms with van der Waals surface area (Å²) in [6, 6.07) is 6.69. The Hall–Kier alpha value is -1.88. The van der Waals surface area contributed by atoms with E-state index in [-0.39, 0.29) is 23.7 Å². The van der Waals surface area contributed by atoms with Crippen LogP contribution in [-0.4, -0.2) is 35.7 Å². The summed E-state index contributed by atoms with van der Waals surface area (Å²) >= 11 is 0. The summed E-state index contributed by atoms with van der Waals surface area (Å²) in [5.41, 5.74) is 0.791. The summed E-state index contributed by atoms with van der Waals surface area (Å²) < 4.78 is 5.35. The van der Waals surface area contributed by atoms with Crippen molar-refractivity contribution in [1.29, 1.82) is 0 Å². The SMILES string of the molecule is CC(C)(C)OCC(=O)NCCc1cccc(C(=O)O)c1. The summed E-state index contributed by atoms with van der Waals surface area (Å²) in [5, 5.41) is 11.6. The van der Waals surface area contributed by atoms with Crippen LogP contribution < -0.4 is 5.32 Å². The maximum absolute atomic E-state index is 11.5. The number of benzene rings is 1. The van der Waals surface area contributed by atoms with Gasteiger partial charge in [-0.1, -0.05) is 12.1 Å². The second-order valence-electron chi connectivity index (χ2n) is 5.51. The number of carbonyl (C=O) groups is 2. The van der Waals surface area contributed by atoms with Crippen LogP contribution in [0.4, 0.5) is 0 Å². The minimum atomic E-state index is -0.950. The number of aromatic carboxylic acids is 1. The number of nitrogens with one attached hydrogen (secondary N) is 1. The summed E-state index contributed by atoms with van der Waals surface area (Å²) in [6.07, 6.45) is 0.586. The predicted octanol–water partition coefficient (Wildman–Crippen LogP) is 1.86. The molecule has 5 heteroatoms. The number of rotatable bonds is 6. The molecule has 0 aromatic heterocycles. The topological polar surface area (TPSA) is 75.6 Å². The number of carboxylic acids is 1. The molecule has 0 saturated heterocycles. The molecule has 0 spiro atoms. The minimum absolute atomic E-state index is 0.0265. The highest BCUT2D eigenvalue weighted by atomic mass is 16.5. The van der Waals surface area contributed by atoms with Gasteiger partial charge in [0.15, 0.2) is 0 Å². The van der Waals surface area contributed by atoms with Crippen LogP contribution in [0.15, 0.2) is 24.3 Å². The van der Waals surface area contributed by atoms with Gasteiger partial charge in [-0.05, 0) is 44.9 Å². The molecular weight excluding hydrogens is 258 g/mol. The third-order valence-electron chi connectivity index (χ3n) is 2.55. The molecular formula is C15H21NO4. The number of carbonyl (C=O) groups excluding carboxylic acids is 1. The Labute approximate surface area is 118 Å². The Morgan fingerprint density at radius 1 is 1.30 bits per heavy atom. The van der Waals surface area contributed by atoms with E-state index >= 15 is 0 Å². The molecule has 0 unspecified atom stereocenters. The average molecular weight is 279 g/mol. The Balaban J connectivity index is 2.35. The number of carboxylic acid groups (broad SMARTS) is 1. The third kappa shape index (κ3) is 6.33. The van der Waals surface area contributed by atoms with Gasteiger partial charge in [0.2, 0.25) is 5.91 Å². The van der Waals surface area contributed by atoms with Crippen molar-refractivity contribution in [3.63, 3.8) is 0 Å². The molecule has 1 aromatic carbocycles. The second-order valence-corrected chi connectivity index (χ2v) is 5.51. The van der Waals surface area contributed by atoms with Gasteiger partial charge in [-0.3, -0.25) is 4.79 Å². The maximum Gasteiger partial charge on any atom is 0.335 e. The highest BCUT2D eigenvalue weighted by Gasteiger charge is 2.12. The van der Waals surface area contributed by atoms with E-state index in [1.165, 1.54) is 0 Å². The fraction of sp³-hybridized carbons (Fsp3) is 0.467. The van der Waals surface area contributed by atoms with Gasteiger partial charge in [0.25, 0.3) is 0 Å². The lowest BCUT2D eigenvalue weighted by atomic mass is 10.1. The predicted molar refractivity (Wildman–Crippen MR) is 75.8 cm³/mol. The number of ether oxygens (including phenoxy) is 1. The van der Waals surface area contributed by atoms with Crippen LogP contribution in [0.3, 0.4) is 0 Å². The van der Waals surface area contributed by atoms with E-state index in [9.17, 15) is 9.59 Å². The van der Waals surface area contributed by atoms with Crippen molar-refractivity contribution >= 4 is 11.9 Å². The molecule has 5 nitrogen and oxygen atoms in total. The van der Waals surface area contributed by atoms with Gasteiger partial charge < -0.3 is 15.2 Å². The molecule has 1 aromatic rings. The molecule has 0 fully saturated rings. The molecule has 0 saturated carbocycles. The van der Waals surface area contributed by atoms with Gasteiger partial charge in [-0.25, -0.2) is 4.79 Å². The van der Waals surface area contributed by atoms with Crippen molar-refractivity contribution in [1.82, 2.24) is 5.32 Å². The molecule has 0 heterocycles. The van der Waals surface area contributed by atoms with E-state index in [4.69, 9.17) is 9.84 Å². The normalized spacial score (nSPS) is 11.2. The highest BCUT2D eigenvalue weighted by molar-refractivity contribution is 5.87. The van der Waals surface area contributed by atoms with Gasteiger partial charge in [0, 0.05) is 6.54 Å². The van der Waals surface area contributed by atoms with Crippen LogP contribution in [-0.2, 0) is 16.0 Å². The first-order valence-corrected chi connectivity index (χ1v) is 6.51. The van der Waals surface area contributed by atoms with Crippen molar-refractivity contribution in [3.8, 4) is 0 Å². The Morgan fingerprint density at radius 2 is 2.00 bits per heavy atom. The van der Waals surface area contributed by atoms with E-state index in [1.807, 2.05) is 26.8 Å². The molecule has 0 bridgehead atoms. The van der Waals surface area contributed by atoms with Gasteiger partial charge in [-0.2, -0.15) is 0 Å². The van der Waals surface area contributed by atoms with Crippen LogP contribution in [0, 0.1) is 0 Å². The van der Waals surface area contributed by atoms with Crippen molar-refractivity contribution in [2.24, 2.45) is 0 Å². The molecule has 0 atom stereocenters. The highest BCUT2D eigenvalue weighted by Crippen LogP contribution is 2.06. The number of hydrogen-bond acceptors (Lipinski definition) is 3. The van der Waals surface area contributed by atoms with Gasteiger partial charge in [0.1, 0.15) is 6.61 Å². The van der Waals surface area contributed by atoms with Crippen LogP contribution in [0.1, 0.15) is 36.7 Å². The summed E-state index contributed by atoms with van der Waals surface area (Å²) in [5.74, 6) is -1.12. The van der Waals surface area contributed by atoms with Crippen molar-refractivity contribution < 1.29 is 19.4 Å². The largest absolute Gasteiger partial charge is 0.478 e. The Kier molecular flexibility index (Phi) is 5.70. The molecule has 1 rings (SSSR count). The monoisotopic (exact) mass is 279 g/mol. The van der Waals surface area contributed by atoms with E-state index in [1.54, 1.807) is 18.2 Å². The van der Waals surface area contributed by atoms with E-state index in [0.29, 0.717) is 13.0 Å². The van der Waals surface area contributed by atoms with Crippen LogP contribution in [0.5, 0.6) is 0 Å². The maximum atomic E-state index is 11.5. The lowest BCUT2D eigenvalue weighted by Gasteiger charge is -2.18.